The molecule has 0 fully saturated rings. The first-order valence-electron chi connectivity index (χ1n) is 6.75. The summed E-state index contributed by atoms with van der Waals surface area (Å²) in [6, 6.07) is 13.5. The normalized spacial score (nSPS) is 12.1. The van der Waals surface area contributed by atoms with Crippen molar-refractivity contribution in [2.75, 3.05) is 5.32 Å². The lowest BCUT2D eigenvalue weighted by molar-refractivity contribution is 0.199. The van der Waals surface area contributed by atoms with Gasteiger partial charge in [-0.1, -0.05) is 12.1 Å². The number of benzene rings is 1. The Kier molecular flexibility index (Phi) is 4.52. The van der Waals surface area contributed by atoms with Crippen LogP contribution in [0.4, 0.5) is 11.6 Å². The van der Waals surface area contributed by atoms with E-state index in [4.69, 9.17) is 0 Å². The zero-order valence-electron chi connectivity index (χ0n) is 11.8. The molecule has 22 heavy (non-hydrogen) atoms. The fourth-order valence-electron chi connectivity index (χ4n) is 2.01. The molecule has 1 aromatic carbocycles. The van der Waals surface area contributed by atoms with Gasteiger partial charge in [-0.25, -0.2) is 9.97 Å². The molecule has 0 aliphatic rings. The molecule has 3 rings (SSSR count). The average Bonchev–Trinajstić information content (AvgIpc) is 2.94. The second-order valence-corrected chi connectivity index (χ2v) is 7.26. The van der Waals surface area contributed by atoms with Gasteiger partial charge in [-0.15, -0.1) is 11.3 Å². The van der Waals surface area contributed by atoms with Gasteiger partial charge in [-0.2, -0.15) is 0 Å². The summed E-state index contributed by atoms with van der Waals surface area (Å²) in [4.78, 5) is 9.86. The number of nitrogens with one attached hydrogen (secondary N) is 1. The molecule has 6 heteroatoms. The predicted octanol–water partition coefficient (Wildman–Crippen LogP) is 4.76. The first-order valence-corrected chi connectivity index (χ1v) is 8.36. The number of nitrogens with zero attached hydrogens (tertiary/aromatic N) is 2. The highest BCUT2D eigenvalue weighted by Gasteiger charge is 2.06. The van der Waals surface area contributed by atoms with Crippen molar-refractivity contribution in [1.82, 2.24) is 9.97 Å². The van der Waals surface area contributed by atoms with Gasteiger partial charge in [0.2, 0.25) is 5.95 Å². The third-order valence-corrected chi connectivity index (χ3v) is 4.75. The second kappa shape index (κ2) is 6.56. The molecule has 0 aliphatic heterocycles. The van der Waals surface area contributed by atoms with Crippen LogP contribution in [0.2, 0.25) is 0 Å². The monoisotopic (exact) mass is 375 g/mol. The van der Waals surface area contributed by atoms with Crippen LogP contribution in [0.15, 0.2) is 52.4 Å². The summed E-state index contributed by atoms with van der Waals surface area (Å²) >= 11 is 5.09. The van der Waals surface area contributed by atoms with Gasteiger partial charge in [-0.3, -0.25) is 0 Å². The average molecular weight is 376 g/mol. The Balaban J connectivity index is 1.85. The van der Waals surface area contributed by atoms with Crippen LogP contribution in [-0.4, -0.2) is 15.1 Å². The molecule has 112 valence electrons. The summed E-state index contributed by atoms with van der Waals surface area (Å²) in [6.07, 6.45) is 1.23. The molecular formula is C16H14BrN3OS. The highest BCUT2D eigenvalue weighted by Crippen LogP contribution is 2.30. The maximum absolute atomic E-state index is 9.65. The maximum Gasteiger partial charge on any atom is 0.227 e. The van der Waals surface area contributed by atoms with Gasteiger partial charge < -0.3 is 10.4 Å². The fourth-order valence-corrected chi connectivity index (χ4v) is 3.37. The van der Waals surface area contributed by atoms with E-state index in [1.54, 1.807) is 24.5 Å². The topological polar surface area (TPSA) is 58.0 Å². The van der Waals surface area contributed by atoms with E-state index in [1.165, 1.54) is 0 Å². The van der Waals surface area contributed by atoms with E-state index >= 15 is 0 Å². The zero-order valence-corrected chi connectivity index (χ0v) is 14.2. The number of aliphatic hydroxyl groups is 1. The van der Waals surface area contributed by atoms with Gasteiger partial charge in [0.25, 0.3) is 0 Å². The van der Waals surface area contributed by atoms with Crippen molar-refractivity contribution in [1.29, 1.82) is 0 Å². The van der Waals surface area contributed by atoms with Gasteiger partial charge >= 0.3 is 0 Å². The zero-order chi connectivity index (χ0) is 15.5. The maximum atomic E-state index is 9.65. The minimum Gasteiger partial charge on any atom is -0.389 e. The molecule has 0 radical (unpaired) electrons. The van der Waals surface area contributed by atoms with Gasteiger partial charge in [0.1, 0.15) is 0 Å². The van der Waals surface area contributed by atoms with Crippen molar-refractivity contribution >= 4 is 38.9 Å². The quantitative estimate of drug-likeness (QED) is 0.689. The van der Waals surface area contributed by atoms with Crippen LogP contribution in [0.25, 0.3) is 10.6 Å². The molecule has 0 aliphatic carbocycles. The van der Waals surface area contributed by atoms with Gasteiger partial charge in [-0.05, 0) is 58.7 Å². The predicted molar refractivity (Wildman–Crippen MR) is 93.4 cm³/mol. The van der Waals surface area contributed by atoms with E-state index < -0.39 is 6.10 Å². The first kappa shape index (κ1) is 15.1. The summed E-state index contributed by atoms with van der Waals surface area (Å²) < 4.78 is 1.07. The number of aromatic nitrogens is 2. The Morgan fingerprint density at radius 1 is 1.23 bits per heavy atom. The number of thiophene rings is 1. The van der Waals surface area contributed by atoms with Crippen molar-refractivity contribution in [2.45, 2.75) is 13.0 Å². The second-order valence-electron chi connectivity index (χ2n) is 4.80. The van der Waals surface area contributed by atoms with Crippen molar-refractivity contribution in [3.05, 3.63) is 58.0 Å². The van der Waals surface area contributed by atoms with Gasteiger partial charge in [0.15, 0.2) is 0 Å². The Morgan fingerprint density at radius 2 is 2.09 bits per heavy atom. The standard InChI is InChI=1S/C16H14BrN3OS/c1-10(21)11-3-2-4-12(9-11)19-16-18-8-7-13(20-16)14-5-6-15(17)22-14/h2-10,21H,1H3,(H,18,19,20)/t10-/m1/s1. The lowest BCUT2D eigenvalue weighted by Gasteiger charge is -2.09. The van der Waals surface area contributed by atoms with E-state index in [1.807, 2.05) is 42.5 Å². The summed E-state index contributed by atoms with van der Waals surface area (Å²) in [5.74, 6) is 0.532. The molecule has 0 saturated heterocycles. The number of aliphatic hydroxyl groups excluding tert-OH is 1. The van der Waals surface area contributed by atoms with Crippen molar-refractivity contribution in [3.8, 4) is 10.6 Å². The first-order chi connectivity index (χ1) is 10.6. The van der Waals surface area contributed by atoms with E-state index in [2.05, 4.69) is 31.2 Å². The van der Waals surface area contributed by atoms with Crippen molar-refractivity contribution in [2.24, 2.45) is 0 Å². The molecule has 0 unspecified atom stereocenters. The Hall–Kier alpha value is -1.76. The molecule has 2 aromatic heterocycles. The van der Waals surface area contributed by atoms with E-state index in [-0.39, 0.29) is 0 Å². The largest absolute Gasteiger partial charge is 0.389 e. The van der Waals surface area contributed by atoms with Crippen LogP contribution in [0.3, 0.4) is 0 Å². The summed E-state index contributed by atoms with van der Waals surface area (Å²) in [7, 11) is 0. The Labute approximate surface area is 141 Å². The SMILES string of the molecule is C[C@@H](O)c1cccc(Nc2nccc(-c3ccc(Br)s3)n2)c1. The van der Waals surface area contributed by atoms with Crippen LogP contribution in [-0.2, 0) is 0 Å². The van der Waals surface area contributed by atoms with Crippen LogP contribution < -0.4 is 5.32 Å². The number of halogens is 1. The fraction of sp³-hybridized carbons (Fsp3) is 0.125. The molecule has 4 nitrogen and oxygen atoms in total. The van der Waals surface area contributed by atoms with E-state index in [0.29, 0.717) is 5.95 Å². The minimum absolute atomic E-state index is 0.502. The molecule has 1 atom stereocenters. The summed E-state index contributed by atoms with van der Waals surface area (Å²) in [6.45, 7) is 1.74. The molecule has 2 N–H and O–H groups in total. The van der Waals surface area contributed by atoms with Crippen LogP contribution >= 0.6 is 27.3 Å². The molecule has 0 spiro atoms. The minimum atomic E-state index is -0.502. The smallest absolute Gasteiger partial charge is 0.227 e. The van der Waals surface area contributed by atoms with Crippen molar-refractivity contribution in [3.63, 3.8) is 0 Å². The third kappa shape index (κ3) is 3.52. The summed E-state index contributed by atoms with van der Waals surface area (Å²) in [5.41, 5.74) is 2.58. The van der Waals surface area contributed by atoms with Gasteiger partial charge in [0.05, 0.1) is 20.5 Å². The van der Waals surface area contributed by atoms with Crippen molar-refractivity contribution < 1.29 is 5.11 Å². The number of rotatable bonds is 4. The highest BCUT2D eigenvalue weighted by molar-refractivity contribution is 9.11. The van der Waals surface area contributed by atoms with Crippen LogP contribution in [0.5, 0.6) is 0 Å². The van der Waals surface area contributed by atoms with Gasteiger partial charge in [0, 0.05) is 11.9 Å². The number of hydrogen-bond acceptors (Lipinski definition) is 5. The molecule has 0 bridgehead atoms. The lowest BCUT2D eigenvalue weighted by Crippen LogP contribution is -1.99. The Bertz CT molecular complexity index is 788. The van der Waals surface area contributed by atoms with E-state index in [0.717, 1.165) is 25.6 Å². The molecule has 3 aromatic rings. The molecule has 2 heterocycles. The number of hydrogen-bond donors (Lipinski definition) is 2. The lowest BCUT2D eigenvalue weighted by atomic mass is 10.1. The molecular weight excluding hydrogens is 362 g/mol. The van der Waals surface area contributed by atoms with Crippen LogP contribution in [0.1, 0.15) is 18.6 Å². The molecule has 0 saturated carbocycles. The third-order valence-electron chi connectivity index (χ3n) is 3.11. The van der Waals surface area contributed by atoms with Crippen LogP contribution in [0, 0.1) is 0 Å². The van der Waals surface area contributed by atoms with E-state index in [9.17, 15) is 5.11 Å². The highest BCUT2D eigenvalue weighted by atomic mass is 79.9. The molecule has 0 amide bonds. The summed E-state index contributed by atoms with van der Waals surface area (Å²) in [5, 5.41) is 12.8. The number of anilines is 2. The Morgan fingerprint density at radius 3 is 2.82 bits per heavy atom.